The molecule has 0 radical (unpaired) electrons. The van der Waals surface area contributed by atoms with E-state index in [9.17, 15) is 5.11 Å². The lowest BCUT2D eigenvalue weighted by Gasteiger charge is -2.39. The summed E-state index contributed by atoms with van der Waals surface area (Å²) in [6.07, 6.45) is 5.96. The molecular formula is C17H27BrN2O. The summed E-state index contributed by atoms with van der Waals surface area (Å²) in [5.74, 6) is 0. The van der Waals surface area contributed by atoms with Gasteiger partial charge in [0, 0.05) is 23.1 Å². The minimum absolute atomic E-state index is 0.0893. The lowest BCUT2D eigenvalue weighted by atomic mass is 9.94. The number of nitrogens with two attached hydrogens (primary N) is 1. The minimum Gasteiger partial charge on any atom is -0.395 e. The molecule has 1 aliphatic rings. The lowest BCUT2D eigenvalue weighted by molar-refractivity contribution is 0.0882. The normalized spacial score (nSPS) is 19.1. The van der Waals surface area contributed by atoms with Gasteiger partial charge < -0.3 is 10.8 Å². The average Bonchev–Trinajstić information content (AvgIpc) is 3.00. The number of hydrogen-bond donors (Lipinski definition) is 2. The van der Waals surface area contributed by atoms with Gasteiger partial charge in [0.15, 0.2) is 0 Å². The standard InChI is InChI=1S/C17H27BrN2O/c1-2-16(19)17(13-6-5-7-14(18)12-13)20(10-11-21)15-8-3-4-9-15/h5-7,12,15-17,21H,2-4,8-11,19H2,1H3. The summed E-state index contributed by atoms with van der Waals surface area (Å²) in [6.45, 7) is 3.04. The van der Waals surface area contributed by atoms with Gasteiger partial charge in [-0.05, 0) is 37.0 Å². The van der Waals surface area contributed by atoms with Crippen molar-refractivity contribution >= 4 is 15.9 Å². The van der Waals surface area contributed by atoms with Gasteiger partial charge in [-0.3, -0.25) is 4.90 Å². The third kappa shape index (κ3) is 4.28. The smallest absolute Gasteiger partial charge is 0.0558 e. The van der Waals surface area contributed by atoms with Gasteiger partial charge in [-0.2, -0.15) is 0 Å². The second-order valence-electron chi connectivity index (χ2n) is 5.97. The Bertz CT molecular complexity index is 435. The van der Waals surface area contributed by atoms with Crippen LogP contribution in [0.25, 0.3) is 0 Å². The highest BCUT2D eigenvalue weighted by Gasteiger charge is 2.32. The molecule has 4 heteroatoms. The van der Waals surface area contributed by atoms with Crippen LogP contribution in [0.1, 0.15) is 50.6 Å². The van der Waals surface area contributed by atoms with Crippen LogP contribution in [0.2, 0.25) is 0 Å². The molecular weight excluding hydrogens is 328 g/mol. The maximum atomic E-state index is 9.51. The Kier molecular flexibility index (Phi) is 6.68. The summed E-state index contributed by atoms with van der Waals surface area (Å²) in [4.78, 5) is 2.45. The summed E-state index contributed by atoms with van der Waals surface area (Å²) in [7, 11) is 0. The van der Waals surface area contributed by atoms with E-state index in [2.05, 4.69) is 46.0 Å². The fourth-order valence-corrected chi connectivity index (χ4v) is 3.92. The van der Waals surface area contributed by atoms with Crippen molar-refractivity contribution in [2.75, 3.05) is 13.2 Å². The molecule has 1 saturated carbocycles. The van der Waals surface area contributed by atoms with Crippen LogP contribution < -0.4 is 5.73 Å². The summed E-state index contributed by atoms with van der Waals surface area (Å²) in [6, 6.07) is 9.27. The van der Waals surface area contributed by atoms with Crippen molar-refractivity contribution in [2.24, 2.45) is 5.73 Å². The Morgan fingerprint density at radius 2 is 2.10 bits per heavy atom. The summed E-state index contributed by atoms with van der Waals surface area (Å²) in [5.41, 5.74) is 7.71. The summed E-state index contributed by atoms with van der Waals surface area (Å²) in [5, 5.41) is 9.51. The predicted molar refractivity (Wildman–Crippen MR) is 91.2 cm³/mol. The maximum Gasteiger partial charge on any atom is 0.0558 e. The number of halogens is 1. The molecule has 1 aromatic rings. The monoisotopic (exact) mass is 354 g/mol. The molecule has 2 unspecified atom stereocenters. The molecule has 21 heavy (non-hydrogen) atoms. The summed E-state index contributed by atoms with van der Waals surface area (Å²) < 4.78 is 1.09. The zero-order chi connectivity index (χ0) is 15.2. The van der Waals surface area contributed by atoms with Crippen LogP contribution in [-0.2, 0) is 0 Å². The molecule has 0 amide bonds. The molecule has 1 fully saturated rings. The molecule has 118 valence electrons. The number of nitrogens with zero attached hydrogens (tertiary/aromatic N) is 1. The molecule has 0 bridgehead atoms. The average molecular weight is 355 g/mol. The Labute approximate surface area is 136 Å². The van der Waals surface area contributed by atoms with Crippen molar-refractivity contribution in [2.45, 2.75) is 57.2 Å². The zero-order valence-electron chi connectivity index (χ0n) is 12.8. The summed E-state index contributed by atoms with van der Waals surface area (Å²) >= 11 is 3.56. The molecule has 0 spiro atoms. The van der Waals surface area contributed by atoms with Crippen LogP contribution in [0.3, 0.4) is 0 Å². The van der Waals surface area contributed by atoms with E-state index in [4.69, 9.17) is 5.73 Å². The topological polar surface area (TPSA) is 49.5 Å². The van der Waals surface area contributed by atoms with Crippen LogP contribution in [0.4, 0.5) is 0 Å². The molecule has 0 aromatic heterocycles. The third-order valence-electron chi connectivity index (χ3n) is 4.58. The van der Waals surface area contributed by atoms with Crippen molar-refractivity contribution in [3.63, 3.8) is 0 Å². The van der Waals surface area contributed by atoms with Gasteiger partial charge in [0.25, 0.3) is 0 Å². The fourth-order valence-electron chi connectivity index (χ4n) is 3.50. The molecule has 1 aliphatic carbocycles. The Hall–Kier alpha value is -0.420. The van der Waals surface area contributed by atoms with E-state index in [0.717, 1.165) is 10.9 Å². The predicted octanol–water partition coefficient (Wildman–Crippen LogP) is 3.46. The first-order chi connectivity index (χ1) is 10.2. The van der Waals surface area contributed by atoms with Crippen LogP contribution >= 0.6 is 15.9 Å². The fraction of sp³-hybridized carbons (Fsp3) is 0.647. The second kappa shape index (κ2) is 8.28. The van der Waals surface area contributed by atoms with Crippen LogP contribution in [0, 0.1) is 0 Å². The van der Waals surface area contributed by atoms with Gasteiger partial charge in [0.2, 0.25) is 0 Å². The number of hydrogen-bond acceptors (Lipinski definition) is 3. The van der Waals surface area contributed by atoms with Crippen molar-refractivity contribution in [1.82, 2.24) is 4.90 Å². The first kappa shape index (κ1) is 16.9. The van der Waals surface area contributed by atoms with E-state index in [1.54, 1.807) is 0 Å². The number of aliphatic hydroxyl groups excluding tert-OH is 1. The molecule has 0 saturated heterocycles. The van der Waals surface area contributed by atoms with Gasteiger partial charge >= 0.3 is 0 Å². The second-order valence-corrected chi connectivity index (χ2v) is 6.89. The number of aliphatic hydroxyl groups is 1. The van der Waals surface area contributed by atoms with E-state index in [1.807, 2.05) is 6.07 Å². The van der Waals surface area contributed by atoms with E-state index in [1.165, 1.54) is 31.2 Å². The molecule has 2 rings (SSSR count). The molecule has 0 aliphatic heterocycles. The Morgan fingerprint density at radius 1 is 1.38 bits per heavy atom. The zero-order valence-corrected chi connectivity index (χ0v) is 14.4. The van der Waals surface area contributed by atoms with E-state index >= 15 is 0 Å². The molecule has 3 nitrogen and oxygen atoms in total. The first-order valence-electron chi connectivity index (χ1n) is 8.05. The quantitative estimate of drug-likeness (QED) is 0.788. The third-order valence-corrected chi connectivity index (χ3v) is 5.07. The van der Waals surface area contributed by atoms with Gasteiger partial charge in [-0.15, -0.1) is 0 Å². The first-order valence-corrected chi connectivity index (χ1v) is 8.84. The van der Waals surface area contributed by atoms with Crippen molar-refractivity contribution in [3.8, 4) is 0 Å². The van der Waals surface area contributed by atoms with Crippen LogP contribution in [0.5, 0.6) is 0 Å². The van der Waals surface area contributed by atoms with Gasteiger partial charge in [-0.1, -0.05) is 47.8 Å². The van der Waals surface area contributed by atoms with Crippen molar-refractivity contribution in [3.05, 3.63) is 34.3 Å². The molecule has 2 atom stereocenters. The van der Waals surface area contributed by atoms with Crippen LogP contribution in [0.15, 0.2) is 28.7 Å². The highest BCUT2D eigenvalue weighted by molar-refractivity contribution is 9.10. The highest BCUT2D eigenvalue weighted by atomic mass is 79.9. The van der Waals surface area contributed by atoms with E-state index < -0.39 is 0 Å². The Balaban J connectivity index is 2.31. The lowest BCUT2D eigenvalue weighted by Crippen LogP contribution is -2.46. The van der Waals surface area contributed by atoms with E-state index in [0.29, 0.717) is 12.6 Å². The Morgan fingerprint density at radius 3 is 2.67 bits per heavy atom. The van der Waals surface area contributed by atoms with Gasteiger partial charge in [0.1, 0.15) is 0 Å². The van der Waals surface area contributed by atoms with Crippen molar-refractivity contribution < 1.29 is 5.11 Å². The van der Waals surface area contributed by atoms with Gasteiger partial charge in [0.05, 0.1) is 12.6 Å². The van der Waals surface area contributed by atoms with Gasteiger partial charge in [-0.25, -0.2) is 0 Å². The maximum absolute atomic E-state index is 9.51. The largest absolute Gasteiger partial charge is 0.395 e. The number of benzene rings is 1. The molecule has 3 N–H and O–H groups in total. The highest BCUT2D eigenvalue weighted by Crippen LogP contribution is 2.34. The SMILES string of the molecule is CCC(N)C(c1cccc(Br)c1)N(CCO)C1CCCC1. The van der Waals surface area contributed by atoms with E-state index in [-0.39, 0.29) is 18.7 Å². The minimum atomic E-state index is 0.0893. The molecule has 0 heterocycles. The van der Waals surface area contributed by atoms with Crippen molar-refractivity contribution in [1.29, 1.82) is 0 Å². The molecule has 1 aromatic carbocycles. The van der Waals surface area contributed by atoms with Crippen LogP contribution in [-0.4, -0.2) is 35.2 Å². The number of rotatable bonds is 7.